The number of fused-ring (bicyclic) bond motifs is 9. The molecule has 0 fully saturated rings. The minimum Gasteiger partial charge on any atom is -0.456 e. The summed E-state index contributed by atoms with van der Waals surface area (Å²) >= 11 is 0. The van der Waals surface area contributed by atoms with E-state index in [0.29, 0.717) is 0 Å². The average molecular weight is 561 g/mol. The van der Waals surface area contributed by atoms with E-state index in [9.17, 15) is 0 Å². The fourth-order valence-electron chi connectivity index (χ4n) is 7.33. The molecule has 0 radical (unpaired) electrons. The van der Waals surface area contributed by atoms with Gasteiger partial charge < -0.3 is 8.83 Å². The summed E-state index contributed by atoms with van der Waals surface area (Å²) in [4.78, 5) is 0. The van der Waals surface area contributed by atoms with E-state index >= 15 is 0 Å². The standard InChI is InChI=1S/C42H24O2/c1-2-12-27-25(11-1)21-36(29-14-4-3-13-28(27)29)41-31-16-5-7-18-33(31)42(34-19-8-6-17-32(34)41)40-23-26-22-35-30-15-9-10-20-37(30)43-39(35)24-38(26)44-40/h1-24H. The highest BCUT2D eigenvalue weighted by Gasteiger charge is 2.21. The zero-order chi connectivity index (χ0) is 28.8. The zero-order valence-corrected chi connectivity index (χ0v) is 23.7. The SMILES string of the molecule is c1ccc2c(c1)cc(-c1c3ccccc3c(-c3cc4cc5c(cc4o3)oc3ccccc35)c3ccccc13)c1ccccc12. The second-order valence-corrected chi connectivity index (χ2v) is 11.6. The second-order valence-electron chi connectivity index (χ2n) is 11.6. The number of hydrogen-bond donors (Lipinski definition) is 0. The van der Waals surface area contributed by atoms with Crippen LogP contribution in [-0.4, -0.2) is 0 Å². The first-order valence-corrected chi connectivity index (χ1v) is 15.0. The van der Waals surface area contributed by atoms with Crippen molar-refractivity contribution >= 4 is 76.0 Å². The molecule has 10 rings (SSSR count). The molecule has 2 heterocycles. The molecule has 0 saturated carbocycles. The van der Waals surface area contributed by atoms with Crippen molar-refractivity contribution in [3.8, 4) is 22.5 Å². The number of furan rings is 2. The zero-order valence-electron chi connectivity index (χ0n) is 23.7. The van der Waals surface area contributed by atoms with Crippen molar-refractivity contribution in [2.45, 2.75) is 0 Å². The van der Waals surface area contributed by atoms with Crippen LogP contribution in [0, 0.1) is 0 Å². The number of rotatable bonds is 2. The molecular weight excluding hydrogens is 536 g/mol. The Bertz CT molecular complexity index is 2720. The predicted molar refractivity (Wildman–Crippen MR) is 184 cm³/mol. The molecule has 10 aromatic rings. The highest BCUT2D eigenvalue weighted by atomic mass is 16.3. The highest BCUT2D eigenvalue weighted by Crippen LogP contribution is 2.47. The third-order valence-electron chi connectivity index (χ3n) is 9.23. The van der Waals surface area contributed by atoms with Crippen molar-refractivity contribution in [1.29, 1.82) is 0 Å². The highest BCUT2D eigenvalue weighted by molar-refractivity contribution is 6.25. The summed E-state index contributed by atoms with van der Waals surface area (Å²) in [7, 11) is 0. The van der Waals surface area contributed by atoms with Crippen LogP contribution < -0.4 is 0 Å². The lowest BCUT2D eigenvalue weighted by Crippen LogP contribution is -1.91. The van der Waals surface area contributed by atoms with Gasteiger partial charge in [-0.1, -0.05) is 115 Å². The molecule has 0 unspecified atom stereocenters. The molecule has 8 aromatic carbocycles. The van der Waals surface area contributed by atoms with E-state index in [1.165, 1.54) is 54.2 Å². The molecule has 2 heteroatoms. The van der Waals surface area contributed by atoms with Crippen molar-refractivity contribution in [3.63, 3.8) is 0 Å². The first kappa shape index (κ1) is 23.7. The van der Waals surface area contributed by atoms with Crippen molar-refractivity contribution in [3.05, 3.63) is 146 Å². The van der Waals surface area contributed by atoms with E-state index in [1.54, 1.807) is 0 Å². The van der Waals surface area contributed by atoms with E-state index in [1.807, 2.05) is 18.2 Å². The van der Waals surface area contributed by atoms with Crippen molar-refractivity contribution in [1.82, 2.24) is 0 Å². The molecule has 0 N–H and O–H groups in total. The Labute approximate surface area is 252 Å². The van der Waals surface area contributed by atoms with Gasteiger partial charge in [-0.15, -0.1) is 0 Å². The van der Waals surface area contributed by atoms with Crippen LogP contribution in [0.15, 0.2) is 154 Å². The first-order chi connectivity index (χ1) is 21.8. The molecule has 44 heavy (non-hydrogen) atoms. The van der Waals surface area contributed by atoms with Crippen LogP contribution in [0.25, 0.3) is 98.4 Å². The van der Waals surface area contributed by atoms with E-state index in [0.717, 1.165) is 44.2 Å². The molecule has 0 saturated heterocycles. The predicted octanol–water partition coefficient (Wildman–Crippen LogP) is 12.3. The minimum absolute atomic E-state index is 0.823. The van der Waals surface area contributed by atoms with Crippen LogP contribution >= 0.6 is 0 Å². The summed E-state index contributed by atoms with van der Waals surface area (Å²) in [6.07, 6.45) is 0. The Balaban J connectivity index is 1.31. The summed E-state index contributed by atoms with van der Waals surface area (Å²) in [5, 5.41) is 13.1. The van der Waals surface area contributed by atoms with Gasteiger partial charge in [0.05, 0.1) is 0 Å². The normalized spacial score (nSPS) is 12.1. The molecule has 0 bridgehead atoms. The Morgan fingerprint density at radius 3 is 1.59 bits per heavy atom. The van der Waals surface area contributed by atoms with E-state index < -0.39 is 0 Å². The maximum Gasteiger partial charge on any atom is 0.139 e. The Morgan fingerprint density at radius 1 is 0.295 bits per heavy atom. The molecule has 2 nitrogen and oxygen atoms in total. The second kappa shape index (κ2) is 8.82. The molecule has 2 aromatic heterocycles. The number of benzene rings is 8. The average Bonchev–Trinajstić information content (AvgIpc) is 3.66. The third-order valence-corrected chi connectivity index (χ3v) is 9.23. The summed E-state index contributed by atoms with van der Waals surface area (Å²) in [6.45, 7) is 0. The maximum atomic E-state index is 6.69. The van der Waals surface area contributed by atoms with Crippen LogP contribution in [0.5, 0.6) is 0 Å². The van der Waals surface area contributed by atoms with Gasteiger partial charge in [-0.25, -0.2) is 0 Å². The monoisotopic (exact) mass is 560 g/mol. The molecule has 204 valence electrons. The Morgan fingerprint density at radius 2 is 0.864 bits per heavy atom. The van der Waals surface area contributed by atoms with Crippen LogP contribution in [0.1, 0.15) is 0 Å². The van der Waals surface area contributed by atoms with Gasteiger partial charge in [0.15, 0.2) is 0 Å². The topological polar surface area (TPSA) is 26.3 Å². The van der Waals surface area contributed by atoms with Gasteiger partial charge in [-0.3, -0.25) is 0 Å². The molecule has 0 aliphatic heterocycles. The van der Waals surface area contributed by atoms with Crippen molar-refractivity contribution in [2.24, 2.45) is 0 Å². The Kier molecular flexibility index (Phi) is 4.75. The molecule has 0 spiro atoms. The van der Waals surface area contributed by atoms with Crippen LogP contribution in [0.2, 0.25) is 0 Å². The van der Waals surface area contributed by atoms with Gasteiger partial charge >= 0.3 is 0 Å². The summed E-state index contributed by atoms with van der Waals surface area (Å²) in [5.74, 6) is 0.860. The van der Waals surface area contributed by atoms with Gasteiger partial charge in [0.2, 0.25) is 0 Å². The van der Waals surface area contributed by atoms with Crippen LogP contribution in [0.3, 0.4) is 0 Å². The Hall–Kier alpha value is -5.86. The summed E-state index contributed by atoms with van der Waals surface area (Å²) < 4.78 is 12.9. The molecule has 0 atom stereocenters. The molecule has 0 aliphatic rings. The lowest BCUT2D eigenvalue weighted by atomic mass is 9.85. The quantitative estimate of drug-likeness (QED) is 0.155. The van der Waals surface area contributed by atoms with Crippen molar-refractivity contribution < 1.29 is 8.83 Å². The fraction of sp³-hybridized carbons (Fsp3) is 0. The van der Waals surface area contributed by atoms with E-state index in [-0.39, 0.29) is 0 Å². The summed E-state index contributed by atoms with van der Waals surface area (Å²) in [5.41, 5.74) is 6.17. The first-order valence-electron chi connectivity index (χ1n) is 15.0. The lowest BCUT2D eigenvalue weighted by Gasteiger charge is -2.18. The molecule has 0 aliphatic carbocycles. The fourth-order valence-corrected chi connectivity index (χ4v) is 7.33. The molecule has 0 amide bonds. The van der Waals surface area contributed by atoms with Gasteiger partial charge in [-0.05, 0) is 78.5 Å². The lowest BCUT2D eigenvalue weighted by molar-refractivity contribution is 0.629. The van der Waals surface area contributed by atoms with Gasteiger partial charge in [0, 0.05) is 27.8 Å². The van der Waals surface area contributed by atoms with E-state index in [4.69, 9.17) is 8.83 Å². The van der Waals surface area contributed by atoms with Gasteiger partial charge in [-0.2, -0.15) is 0 Å². The number of para-hydroxylation sites is 1. The van der Waals surface area contributed by atoms with Crippen LogP contribution in [-0.2, 0) is 0 Å². The number of hydrogen-bond acceptors (Lipinski definition) is 2. The van der Waals surface area contributed by atoms with Crippen LogP contribution in [0.4, 0.5) is 0 Å². The van der Waals surface area contributed by atoms with Gasteiger partial charge in [0.1, 0.15) is 22.5 Å². The van der Waals surface area contributed by atoms with Crippen molar-refractivity contribution in [2.75, 3.05) is 0 Å². The largest absolute Gasteiger partial charge is 0.456 e. The third kappa shape index (κ3) is 3.25. The minimum atomic E-state index is 0.823. The maximum absolute atomic E-state index is 6.69. The smallest absolute Gasteiger partial charge is 0.139 e. The summed E-state index contributed by atoms with van der Waals surface area (Å²) in [6, 6.07) is 52.0. The van der Waals surface area contributed by atoms with E-state index in [2.05, 4.69) is 127 Å². The molecular formula is C42H24O2. The van der Waals surface area contributed by atoms with Gasteiger partial charge in [0.25, 0.3) is 0 Å².